The van der Waals surface area contributed by atoms with Crippen LogP contribution in [0, 0.1) is 5.82 Å². The van der Waals surface area contributed by atoms with Crippen molar-refractivity contribution < 1.29 is 18.6 Å². The van der Waals surface area contributed by atoms with Crippen molar-refractivity contribution in [3.8, 4) is 11.5 Å². The van der Waals surface area contributed by atoms with Crippen LogP contribution in [0.15, 0.2) is 35.4 Å². The van der Waals surface area contributed by atoms with E-state index in [9.17, 15) is 9.18 Å². The maximum atomic E-state index is 14.7. The summed E-state index contributed by atoms with van der Waals surface area (Å²) >= 11 is 0. The lowest BCUT2D eigenvalue weighted by molar-refractivity contribution is -0.0292. The van der Waals surface area contributed by atoms with Crippen molar-refractivity contribution in [3.63, 3.8) is 0 Å². The molecule has 6 heterocycles. The van der Waals surface area contributed by atoms with Crippen molar-refractivity contribution in [2.24, 2.45) is 0 Å². The Labute approximate surface area is 195 Å². The standard InChI is InChI=1S/C24H26FN5O4/c25-18-10-28-19-1-2-22(31)30-13-15(23(18)24(19)30)12-29-3-4-32-17(14-29)9-26-8-16-7-20-21(11-27-16)34-6-5-33-20/h1-2,7,10-11,15,17,26H,3-6,8-9,12-14H2. The molecule has 10 heteroatoms. The highest BCUT2D eigenvalue weighted by Gasteiger charge is 2.32. The fourth-order valence-electron chi connectivity index (χ4n) is 5.12. The van der Waals surface area contributed by atoms with Crippen molar-refractivity contribution in [2.45, 2.75) is 25.1 Å². The zero-order chi connectivity index (χ0) is 23.1. The van der Waals surface area contributed by atoms with E-state index in [4.69, 9.17) is 14.2 Å². The highest BCUT2D eigenvalue weighted by atomic mass is 19.1. The summed E-state index contributed by atoms with van der Waals surface area (Å²) in [6.07, 6.45) is 2.98. The third kappa shape index (κ3) is 4.02. The van der Waals surface area contributed by atoms with Gasteiger partial charge in [0.05, 0.1) is 41.8 Å². The minimum absolute atomic E-state index is 0.0137. The molecule has 1 N–H and O–H groups in total. The summed E-state index contributed by atoms with van der Waals surface area (Å²) in [6, 6.07) is 5.08. The largest absolute Gasteiger partial charge is 0.486 e. The summed E-state index contributed by atoms with van der Waals surface area (Å²) in [5, 5.41) is 3.41. The SMILES string of the molecule is O=c1ccc2ncc(F)c3c2n1CC3CN1CCOC(CNCc2cc3c(cn2)OCCO3)C1. The molecular weight excluding hydrogens is 441 g/mol. The number of ether oxygens (including phenoxy) is 3. The Morgan fingerprint density at radius 3 is 2.88 bits per heavy atom. The van der Waals surface area contributed by atoms with Gasteiger partial charge in [-0.2, -0.15) is 0 Å². The predicted molar refractivity (Wildman–Crippen MR) is 122 cm³/mol. The van der Waals surface area contributed by atoms with Crippen molar-refractivity contribution in [3.05, 3.63) is 58.0 Å². The van der Waals surface area contributed by atoms with Crippen LogP contribution >= 0.6 is 0 Å². The van der Waals surface area contributed by atoms with E-state index in [1.165, 1.54) is 12.3 Å². The molecule has 2 unspecified atom stereocenters. The lowest BCUT2D eigenvalue weighted by atomic mass is 10.00. The second kappa shape index (κ2) is 8.94. The number of halogens is 1. The molecule has 3 aliphatic heterocycles. The van der Waals surface area contributed by atoms with Gasteiger partial charge >= 0.3 is 0 Å². The first-order valence-corrected chi connectivity index (χ1v) is 11.6. The monoisotopic (exact) mass is 467 g/mol. The quantitative estimate of drug-likeness (QED) is 0.580. The van der Waals surface area contributed by atoms with Gasteiger partial charge in [0.25, 0.3) is 5.56 Å². The molecule has 3 aliphatic rings. The molecule has 3 aromatic rings. The molecule has 0 spiro atoms. The molecule has 34 heavy (non-hydrogen) atoms. The topological polar surface area (TPSA) is 90.7 Å². The van der Waals surface area contributed by atoms with Crippen molar-refractivity contribution >= 4 is 11.0 Å². The van der Waals surface area contributed by atoms with Crippen LogP contribution in [0.25, 0.3) is 11.0 Å². The van der Waals surface area contributed by atoms with Gasteiger partial charge in [-0.15, -0.1) is 0 Å². The number of rotatable bonds is 6. The third-order valence-corrected chi connectivity index (χ3v) is 6.67. The smallest absolute Gasteiger partial charge is 0.251 e. The number of nitrogens with zero attached hydrogens (tertiary/aromatic N) is 4. The van der Waals surface area contributed by atoms with Crippen LogP contribution in [0.1, 0.15) is 17.2 Å². The molecule has 1 fully saturated rings. The average Bonchev–Trinajstić information content (AvgIpc) is 3.24. The van der Waals surface area contributed by atoms with Crippen LogP contribution in [0.2, 0.25) is 0 Å². The van der Waals surface area contributed by atoms with E-state index < -0.39 is 0 Å². The van der Waals surface area contributed by atoms with Gasteiger partial charge in [0.15, 0.2) is 11.5 Å². The molecule has 178 valence electrons. The van der Waals surface area contributed by atoms with Gasteiger partial charge in [0.2, 0.25) is 0 Å². The lowest BCUT2D eigenvalue weighted by Gasteiger charge is -2.34. The summed E-state index contributed by atoms with van der Waals surface area (Å²) in [7, 11) is 0. The van der Waals surface area contributed by atoms with E-state index in [2.05, 4.69) is 20.2 Å². The number of nitrogens with one attached hydrogen (secondary N) is 1. The summed E-state index contributed by atoms with van der Waals surface area (Å²) in [6.45, 7) is 5.63. The summed E-state index contributed by atoms with van der Waals surface area (Å²) < 4.78 is 33.5. The first kappa shape index (κ1) is 21.5. The Kier molecular flexibility index (Phi) is 5.64. The first-order valence-electron chi connectivity index (χ1n) is 11.6. The van der Waals surface area contributed by atoms with Gasteiger partial charge in [-0.3, -0.25) is 19.7 Å². The second-order valence-corrected chi connectivity index (χ2v) is 8.94. The Morgan fingerprint density at radius 1 is 1.09 bits per heavy atom. The maximum Gasteiger partial charge on any atom is 0.251 e. The normalized spacial score (nSPS) is 21.8. The molecule has 0 saturated carbocycles. The summed E-state index contributed by atoms with van der Waals surface area (Å²) in [5.41, 5.74) is 2.67. The Hall–Kier alpha value is -3.08. The minimum Gasteiger partial charge on any atom is -0.486 e. The molecule has 6 rings (SSSR count). The number of aromatic nitrogens is 3. The van der Waals surface area contributed by atoms with E-state index in [0.29, 0.717) is 68.3 Å². The number of pyridine rings is 3. The van der Waals surface area contributed by atoms with E-state index in [-0.39, 0.29) is 23.4 Å². The molecule has 0 amide bonds. The van der Waals surface area contributed by atoms with Crippen LogP contribution in [-0.4, -0.2) is 71.5 Å². The van der Waals surface area contributed by atoms with Crippen LogP contribution in [0.3, 0.4) is 0 Å². The zero-order valence-corrected chi connectivity index (χ0v) is 18.7. The predicted octanol–water partition coefficient (Wildman–Crippen LogP) is 1.29. The Balaban J connectivity index is 1.07. The van der Waals surface area contributed by atoms with Crippen LogP contribution in [0.5, 0.6) is 11.5 Å². The van der Waals surface area contributed by atoms with Gasteiger partial charge in [0.1, 0.15) is 19.0 Å². The Morgan fingerprint density at radius 2 is 1.97 bits per heavy atom. The highest BCUT2D eigenvalue weighted by Crippen LogP contribution is 2.34. The molecule has 0 aliphatic carbocycles. The minimum atomic E-state index is -0.340. The van der Waals surface area contributed by atoms with Gasteiger partial charge in [0, 0.05) is 62.9 Å². The fourth-order valence-corrected chi connectivity index (χ4v) is 5.12. The average molecular weight is 468 g/mol. The molecule has 1 saturated heterocycles. The number of hydrogen-bond donors (Lipinski definition) is 1. The molecule has 3 aromatic heterocycles. The van der Waals surface area contributed by atoms with Crippen molar-refractivity contribution in [2.75, 3.05) is 46.0 Å². The molecule has 0 bridgehead atoms. The van der Waals surface area contributed by atoms with Gasteiger partial charge in [-0.05, 0) is 6.07 Å². The van der Waals surface area contributed by atoms with E-state index in [0.717, 1.165) is 24.5 Å². The first-order chi connectivity index (χ1) is 16.7. The highest BCUT2D eigenvalue weighted by molar-refractivity contribution is 5.80. The van der Waals surface area contributed by atoms with Crippen molar-refractivity contribution in [1.82, 2.24) is 24.8 Å². The van der Waals surface area contributed by atoms with Crippen LogP contribution < -0.4 is 20.3 Å². The lowest BCUT2D eigenvalue weighted by Crippen LogP contribution is -2.47. The van der Waals surface area contributed by atoms with Gasteiger partial charge in [-0.1, -0.05) is 0 Å². The fraction of sp³-hybridized carbons (Fsp3) is 0.458. The molecule has 2 atom stereocenters. The Bertz CT molecular complexity index is 1280. The molecule has 0 radical (unpaired) electrons. The van der Waals surface area contributed by atoms with E-state index in [1.807, 2.05) is 6.07 Å². The summed E-state index contributed by atoms with van der Waals surface area (Å²) in [5.74, 6) is 0.981. The second-order valence-electron chi connectivity index (χ2n) is 8.94. The number of fused-ring (bicyclic) bond motifs is 1. The van der Waals surface area contributed by atoms with Crippen LogP contribution in [0.4, 0.5) is 4.39 Å². The zero-order valence-electron chi connectivity index (χ0n) is 18.7. The van der Waals surface area contributed by atoms with E-state index in [1.54, 1.807) is 16.8 Å². The number of hydrogen-bond acceptors (Lipinski definition) is 8. The molecular formula is C24H26FN5O4. The van der Waals surface area contributed by atoms with E-state index >= 15 is 0 Å². The van der Waals surface area contributed by atoms with Crippen molar-refractivity contribution in [1.29, 1.82) is 0 Å². The third-order valence-electron chi connectivity index (χ3n) is 6.67. The molecule has 9 nitrogen and oxygen atoms in total. The van der Waals surface area contributed by atoms with Gasteiger partial charge < -0.3 is 24.1 Å². The van der Waals surface area contributed by atoms with Crippen LogP contribution in [-0.2, 0) is 17.8 Å². The van der Waals surface area contributed by atoms with Gasteiger partial charge in [-0.25, -0.2) is 4.39 Å². The number of morpholine rings is 1. The summed E-state index contributed by atoms with van der Waals surface area (Å²) in [4.78, 5) is 23.2. The maximum absolute atomic E-state index is 14.7. The molecule has 0 aromatic carbocycles.